The van der Waals surface area contributed by atoms with Gasteiger partial charge in [-0.05, 0) is 59.2 Å². The van der Waals surface area contributed by atoms with Crippen molar-refractivity contribution in [3.05, 3.63) is 146 Å². The van der Waals surface area contributed by atoms with Crippen LogP contribution >= 0.6 is 11.3 Å². The van der Waals surface area contributed by atoms with Crippen molar-refractivity contribution in [2.75, 3.05) is 4.90 Å². The Morgan fingerprint density at radius 2 is 1.06 bits per heavy atom. The number of fused-ring (bicyclic) bond motifs is 1. The van der Waals surface area contributed by atoms with E-state index in [0.717, 1.165) is 22.6 Å². The summed E-state index contributed by atoms with van der Waals surface area (Å²) in [6.07, 6.45) is 1.89. The summed E-state index contributed by atoms with van der Waals surface area (Å²) in [5, 5.41) is 1.29. The second kappa shape index (κ2) is 9.69. The van der Waals surface area contributed by atoms with Crippen LogP contribution in [0, 0.1) is 0 Å². The van der Waals surface area contributed by atoms with E-state index in [1.54, 1.807) is 0 Å². The van der Waals surface area contributed by atoms with Crippen molar-refractivity contribution < 1.29 is 0 Å². The molecule has 0 N–H and O–H groups in total. The fourth-order valence-corrected chi connectivity index (χ4v) is 5.91. The Bertz CT molecular complexity index is 1570. The van der Waals surface area contributed by atoms with Gasteiger partial charge in [-0.2, -0.15) is 0 Å². The van der Waals surface area contributed by atoms with Crippen LogP contribution in [0.25, 0.3) is 37.7 Å². The van der Waals surface area contributed by atoms with Crippen molar-refractivity contribution in [2.45, 2.75) is 0 Å². The molecule has 1 heterocycles. The quantitative estimate of drug-likeness (QED) is 0.230. The summed E-state index contributed by atoms with van der Waals surface area (Å²) in [7, 11) is 0. The molecule has 5 aromatic carbocycles. The second-order valence-corrected chi connectivity index (χ2v) is 9.73. The lowest BCUT2D eigenvalue weighted by molar-refractivity contribution is 1.28. The molecule has 0 amide bonds. The third-order valence-corrected chi connectivity index (χ3v) is 7.67. The van der Waals surface area contributed by atoms with Gasteiger partial charge in [0, 0.05) is 37.6 Å². The van der Waals surface area contributed by atoms with Gasteiger partial charge in [0.25, 0.3) is 0 Å². The van der Waals surface area contributed by atoms with Gasteiger partial charge in [-0.1, -0.05) is 104 Å². The monoisotopic (exact) mass is 479 g/mol. The highest BCUT2D eigenvalue weighted by Crippen LogP contribution is 2.45. The molecule has 0 atom stereocenters. The van der Waals surface area contributed by atoms with Gasteiger partial charge in [0.15, 0.2) is 0 Å². The van der Waals surface area contributed by atoms with E-state index in [0.29, 0.717) is 0 Å². The molecule has 6 rings (SSSR count). The first-order valence-corrected chi connectivity index (χ1v) is 12.9. The maximum absolute atomic E-state index is 3.90. The third-order valence-electron chi connectivity index (χ3n) is 6.45. The number of hydrogen-bond donors (Lipinski definition) is 0. The molecular formula is C34H25NS. The van der Waals surface area contributed by atoms with Crippen LogP contribution in [0.15, 0.2) is 140 Å². The predicted molar refractivity (Wildman–Crippen MR) is 157 cm³/mol. The average molecular weight is 480 g/mol. The molecule has 0 fully saturated rings. The standard InChI is InChI=1S/C34H25NS/c1-2-25-17-19-27(20-18-25)34-33(31-15-9-10-16-32(31)36-34)26-21-23-30(24-22-26)35(28-11-5-3-6-12-28)29-13-7-4-8-14-29/h2-24H,1H2. The molecule has 1 nitrogen and oxygen atoms in total. The zero-order valence-electron chi connectivity index (χ0n) is 19.8. The Morgan fingerprint density at radius 3 is 1.67 bits per heavy atom. The first-order valence-electron chi connectivity index (χ1n) is 12.1. The predicted octanol–water partition coefficient (Wildman–Crippen LogP) is 10.3. The summed E-state index contributed by atoms with van der Waals surface area (Å²) in [5.74, 6) is 0. The number of benzene rings is 5. The lowest BCUT2D eigenvalue weighted by atomic mass is 9.98. The number of para-hydroxylation sites is 2. The zero-order valence-corrected chi connectivity index (χ0v) is 20.7. The molecule has 0 saturated heterocycles. The van der Waals surface area contributed by atoms with E-state index in [-0.39, 0.29) is 0 Å². The van der Waals surface area contributed by atoms with E-state index in [2.05, 4.69) is 145 Å². The number of anilines is 3. The minimum absolute atomic E-state index is 1.13. The van der Waals surface area contributed by atoms with Crippen LogP contribution in [-0.2, 0) is 0 Å². The van der Waals surface area contributed by atoms with Crippen LogP contribution < -0.4 is 4.90 Å². The highest BCUT2D eigenvalue weighted by molar-refractivity contribution is 7.23. The number of nitrogens with zero attached hydrogens (tertiary/aromatic N) is 1. The summed E-state index contributed by atoms with van der Waals surface area (Å²) in [6, 6.07) is 47.4. The zero-order chi connectivity index (χ0) is 24.3. The Balaban J connectivity index is 1.47. The molecule has 0 bridgehead atoms. The van der Waals surface area contributed by atoms with E-state index >= 15 is 0 Å². The molecule has 2 heteroatoms. The smallest absolute Gasteiger partial charge is 0.0462 e. The lowest BCUT2D eigenvalue weighted by Crippen LogP contribution is -2.09. The summed E-state index contributed by atoms with van der Waals surface area (Å²) in [6.45, 7) is 3.90. The largest absolute Gasteiger partial charge is 0.311 e. The van der Waals surface area contributed by atoms with Crippen LogP contribution in [-0.4, -0.2) is 0 Å². The van der Waals surface area contributed by atoms with Gasteiger partial charge in [-0.15, -0.1) is 11.3 Å². The van der Waals surface area contributed by atoms with Crippen LogP contribution in [0.1, 0.15) is 5.56 Å². The summed E-state index contributed by atoms with van der Waals surface area (Å²) < 4.78 is 1.30. The van der Waals surface area contributed by atoms with Gasteiger partial charge < -0.3 is 4.90 Å². The Labute approximate surface area is 216 Å². The van der Waals surface area contributed by atoms with E-state index in [4.69, 9.17) is 0 Å². The topological polar surface area (TPSA) is 3.24 Å². The SMILES string of the molecule is C=Cc1ccc(-c2sc3ccccc3c2-c2ccc(N(c3ccccc3)c3ccccc3)cc2)cc1. The van der Waals surface area contributed by atoms with Crippen molar-refractivity contribution >= 4 is 44.6 Å². The molecule has 0 spiro atoms. The van der Waals surface area contributed by atoms with Crippen LogP contribution in [0.2, 0.25) is 0 Å². The molecule has 0 aliphatic rings. The van der Waals surface area contributed by atoms with Gasteiger partial charge in [0.2, 0.25) is 0 Å². The highest BCUT2D eigenvalue weighted by Gasteiger charge is 2.17. The van der Waals surface area contributed by atoms with Gasteiger partial charge in [0.1, 0.15) is 0 Å². The summed E-state index contributed by atoms with van der Waals surface area (Å²) in [4.78, 5) is 3.59. The lowest BCUT2D eigenvalue weighted by Gasteiger charge is -2.25. The van der Waals surface area contributed by atoms with Gasteiger partial charge >= 0.3 is 0 Å². The van der Waals surface area contributed by atoms with Gasteiger partial charge in [-0.3, -0.25) is 0 Å². The highest BCUT2D eigenvalue weighted by atomic mass is 32.1. The van der Waals surface area contributed by atoms with Crippen molar-refractivity contribution in [1.29, 1.82) is 0 Å². The van der Waals surface area contributed by atoms with Crippen molar-refractivity contribution in [3.63, 3.8) is 0 Å². The molecule has 0 aliphatic carbocycles. The minimum Gasteiger partial charge on any atom is -0.311 e. The van der Waals surface area contributed by atoms with E-state index in [1.807, 2.05) is 17.4 Å². The van der Waals surface area contributed by atoms with Crippen molar-refractivity contribution in [1.82, 2.24) is 0 Å². The van der Waals surface area contributed by atoms with Gasteiger partial charge in [-0.25, -0.2) is 0 Å². The fraction of sp³-hybridized carbons (Fsp3) is 0. The number of rotatable bonds is 6. The van der Waals surface area contributed by atoms with Crippen LogP contribution in [0.5, 0.6) is 0 Å². The van der Waals surface area contributed by atoms with Crippen LogP contribution in [0.4, 0.5) is 17.1 Å². The van der Waals surface area contributed by atoms with E-state index in [1.165, 1.54) is 31.7 Å². The normalized spacial score (nSPS) is 10.9. The molecule has 0 aliphatic heterocycles. The second-order valence-electron chi connectivity index (χ2n) is 8.68. The fourth-order valence-electron chi connectivity index (χ4n) is 4.68. The van der Waals surface area contributed by atoms with E-state index in [9.17, 15) is 0 Å². The Kier molecular flexibility index (Phi) is 5.95. The Hall–Kier alpha value is -4.40. The van der Waals surface area contributed by atoms with Crippen molar-refractivity contribution in [2.24, 2.45) is 0 Å². The number of thiophene rings is 1. The Morgan fingerprint density at radius 1 is 0.528 bits per heavy atom. The molecule has 36 heavy (non-hydrogen) atoms. The maximum atomic E-state index is 3.90. The van der Waals surface area contributed by atoms with E-state index < -0.39 is 0 Å². The maximum Gasteiger partial charge on any atom is 0.0462 e. The van der Waals surface area contributed by atoms with Gasteiger partial charge in [0.05, 0.1) is 0 Å². The van der Waals surface area contributed by atoms with Crippen LogP contribution in [0.3, 0.4) is 0 Å². The number of hydrogen-bond acceptors (Lipinski definition) is 2. The molecule has 0 unspecified atom stereocenters. The molecule has 1 aromatic heterocycles. The summed E-state index contributed by atoms with van der Waals surface area (Å²) in [5.41, 5.74) is 8.29. The van der Waals surface area contributed by atoms with Crippen molar-refractivity contribution in [3.8, 4) is 21.6 Å². The molecule has 172 valence electrons. The first-order chi connectivity index (χ1) is 17.8. The molecular weight excluding hydrogens is 454 g/mol. The molecule has 0 saturated carbocycles. The average Bonchev–Trinajstić information content (AvgIpc) is 3.34. The molecule has 6 aromatic rings. The summed E-state index contributed by atoms with van der Waals surface area (Å²) >= 11 is 1.85. The third kappa shape index (κ3) is 4.13. The molecule has 0 radical (unpaired) electrons. The minimum atomic E-state index is 1.13. The first kappa shape index (κ1) is 22.1.